The smallest absolute Gasteiger partial charge is 0.419 e. The van der Waals surface area contributed by atoms with Crippen molar-refractivity contribution in [2.75, 3.05) is 42.9 Å². The fourth-order valence-corrected chi connectivity index (χ4v) is 4.97. The Kier molecular flexibility index (Phi) is 6.87. The number of pyridine rings is 2. The van der Waals surface area contributed by atoms with E-state index in [1.807, 2.05) is 19.2 Å². The Morgan fingerprint density at radius 2 is 1.89 bits per heavy atom. The van der Waals surface area contributed by atoms with Crippen LogP contribution in [-0.2, 0) is 6.18 Å². The van der Waals surface area contributed by atoms with Crippen LogP contribution >= 0.6 is 0 Å². The van der Waals surface area contributed by atoms with Crippen molar-refractivity contribution < 1.29 is 22.3 Å². The molecule has 0 atom stereocenters. The van der Waals surface area contributed by atoms with Gasteiger partial charge < -0.3 is 20.3 Å². The van der Waals surface area contributed by atoms with Crippen molar-refractivity contribution >= 4 is 22.5 Å². The average molecular weight is 508 g/mol. The molecule has 0 unspecified atom stereocenters. The third kappa shape index (κ3) is 4.91. The molecule has 0 aromatic carbocycles. The largest absolute Gasteiger partial charge is 0.472 e. The molecule has 4 heterocycles. The van der Waals surface area contributed by atoms with E-state index in [0.717, 1.165) is 61.5 Å². The summed E-state index contributed by atoms with van der Waals surface area (Å²) in [5.74, 6) is -0.369. The number of alkyl halides is 3. The lowest BCUT2D eigenvalue weighted by atomic mass is 9.93. The minimum Gasteiger partial charge on any atom is -0.472 e. The molecule has 1 aliphatic carbocycles. The molecule has 12 heteroatoms. The number of nitrogens with zero attached hydrogens (tertiary/aromatic N) is 5. The summed E-state index contributed by atoms with van der Waals surface area (Å²) in [6.07, 6.45) is 0.0761. The number of ether oxygens (including phenoxy) is 1. The molecule has 8 nitrogen and oxygen atoms in total. The Morgan fingerprint density at radius 3 is 2.58 bits per heavy atom. The number of rotatable bonds is 6. The van der Waals surface area contributed by atoms with Crippen LogP contribution < -0.4 is 20.3 Å². The molecule has 0 radical (unpaired) electrons. The first-order chi connectivity index (χ1) is 17.3. The zero-order valence-corrected chi connectivity index (χ0v) is 20.0. The molecule has 0 spiro atoms. The standard InChI is InChI=1S/C24H29F4N7O/c1-2-30-20-13-19-17(14-32-20)22(34-11-9-29-10-12-34)33-35(19)15-3-5-16(6-4-15)36-23-21(25)18(7-8-31-23)24(26,27)28/h7-8,13-16,29H,2-6,9-12H2,1H3,(H,30,32)/t15-,16+. The van der Waals surface area contributed by atoms with Gasteiger partial charge in [-0.3, -0.25) is 4.68 Å². The predicted molar refractivity (Wildman–Crippen MR) is 128 cm³/mol. The Balaban J connectivity index is 1.35. The van der Waals surface area contributed by atoms with Crippen molar-refractivity contribution in [1.29, 1.82) is 0 Å². The van der Waals surface area contributed by atoms with E-state index in [0.29, 0.717) is 31.7 Å². The number of fused-ring (bicyclic) bond motifs is 1. The second-order valence-electron chi connectivity index (χ2n) is 9.15. The highest BCUT2D eigenvalue weighted by Crippen LogP contribution is 2.38. The van der Waals surface area contributed by atoms with Crippen molar-refractivity contribution in [3.63, 3.8) is 0 Å². The van der Waals surface area contributed by atoms with Gasteiger partial charge in [-0.25, -0.2) is 14.4 Å². The molecule has 3 aromatic rings. The molecule has 1 aliphatic heterocycles. The SMILES string of the molecule is CCNc1cc2c(cn1)c(N1CCNCC1)nn2[C@H]1CC[C@@H](Oc2nccc(C(F)(F)F)c2F)CC1. The lowest BCUT2D eigenvalue weighted by Crippen LogP contribution is -2.43. The quantitative estimate of drug-likeness (QED) is 0.479. The Labute approximate surface area is 206 Å². The van der Waals surface area contributed by atoms with Crippen LogP contribution in [0.1, 0.15) is 44.2 Å². The Hall–Kier alpha value is -3.15. The molecule has 194 valence electrons. The second kappa shape index (κ2) is 10.1. The van der Waals surface area contributed by atoms with E-state index in [2.05, 4.69) is 30.2 Å². The van der Waals surface area contributed by atoms with Gasteiger partial charge in [-0.1, -0.05) is 0 Å². The van der Waals surface area contributed by atoms with Gasteiger partial charge in [0.25, 0.3) is 5.88 Å². The van der Waals surface area contributed by atoms with Gasteiger partial charge >= 0.3 is 6.18 Å². The van der Waals surface area contributed by atoms with Gasteiger partial charge in [0, 0.05) is 51.2 Å². The summed E-state index contributed by atoms with van der Waals surface area (Å²) in [7, 11) is 0. The minimum atomic E-state index is -4.80. The van der Waals surface area contributed by atoms with E-state index in [1.54, 1.807) is 0 Å². The van der Waals surface area contributed by atoms with Crippen LogP contribution in [0, 0.1) is 5.82 Å². The van der Waals surface area contributed by atoms with E-state index in [4.69, 9.17) is 9.84 Å². The highest BCUT2D eigenvalue weighted by Gasteiger charge is 2.36. The number of nitrogens with one attached hydrogen (secondary N) is 2. The summed E-state index contributed by atoms with van der Waals surface area (Å²) in [5, 5.41) is 12.6. The van der Waals surface area contributed by atoms with Crippen LogP contribution in [0.2, 0.25) is 0 Å². The fourth-order valence-electron chi connectivity index (χ4n) is 4.97. The highest BCUT2D eigenvalue weighted by atomic mass is 19.4. The molecular formula is C24H29F4N7O. The monoisotopic (exact) mass is 507 g/mol. The number of piperazine rings is 1. The molecular weight excluding hydrogens is 478 g/mol. The third-order valence-corrected chi connectivity index (χ3v) is 6.78. The van der Waals surface area contributed by atoms with Crippen LogP contribution in [0.3, 0.4) is 0 Å². The highest BCUT2D eigenvalue weighted by molar-refractivity contribution is 5.91. The van der Waals surface area contributed by atoms with E-state index < -0.39 is 29.5 Å². The first kappa shape index (κ1) is 24.5. The van der Waals surface area contributed by atoms with Crippen LogP contribution in [-0.4, -0.2) is 58.6 Å². The van der Waals surface area contributed by atoms with Crippen molar-refractivity contribution in [3.05, 3.63) is 35.9 Å². The number of hydrogen-bond acceptors (Lipinski definition) is 7. The Bertz CT molecular complexity index is 1200. The third-order valence-electron chi connectivity index (χ3n) is 6.78. The summed E-state index contributed by atoms with van der Waals surface area (Å²) in [5.41, 5.74) is -0.376. The zero-order chi connectivity index (χ0) is 25.3. The predicted octanol–water partition coefficient (Wildman–Crippen LogP) is 4.39. The molecule has 1 saturated carbocycles. The normalized spacial score (nSPS) is 21.1. The Morgan fingerprint density at radius 1 is 1.14 bits per heavy atom. The van der Waals surface area contributed by atoms with Gasteiger partial charge in [0.1, 0.15) is 11.9 Å². The molecule has 2 aliphatic rings. The first-order valence-corrected chi connectivity index (χ1v) is 12.3. The maximum atomic E-state index is 14.4. The molecule has 36 heavy (non-hydrogen) atoms. The fraction of sp³-hybridized carbons (Fsp3) is 0.542. The van der Waals surface area contributed by atoms with Crippen LogP contribution in [0.4, 0.5) is 29.2 Å². The van der Waals surface area contributed by atoms with Crippen LogP contribution in [0.15, 0.2) is 24.5 Å². The van der Waals surface area contributed by atoms with Crippen LogP contribution in [0.25, 0.3) is 10.9 Å². The number of anilines is 2. The number of hydrogen-bond donors (Lipinski definition) is 2. The van der Waals surface area contributed by atoms with Gasteiger partial charge in [-0.2, -0.15) is 18.3 Å². The molecule has 1 saturated heterocycles. The van der Waals surface area contributed by atoms with Gasteiger partial charge in [0.05, 0.1) is 22.5 Å². The molecule has 0 bridgehead atoms. The van der Waals surface area contributed by atoms with Crippen LogP contribution in [0.5, 0.6) is 5.88 Å². The number of aromatic nitrogens is 4. The number of halogens is 4. The van der Waals surface area contributed by atoms with Crippen molar-refractivity contribution in [2.24, 2.45) is 0 Å². The summed E-state index contributed by atoms with van der Waals surface area (Å²) >= 11 is 0. The van der Waals surface area contributed by atoms with Gasteiger partial charge in [0.15, 0.2) is 11.6 Å². The maximum Gasteiger partial charge on any atom is 0.419 e. The zero-order valence-electron chi connectivity index (χ0n) is 20.0. The second-order valence-corrected chi connectivity index (χ2v) is 9.15. The summed E-state index contributed by atoms with van der Waals surface area (Å²) in [6, 6.07) is 2.72. The van der Waals surface area contributed by atoms with Crippen molar-refractivity contribution in [3.8, 4) is 5.88 Å². The van der Waals surface area contributed by atoms with E-state index in [9.17, 15) is 17.6 Å². The van der Waals surface area contributed by atoms with Gasteiger partial charge in [-0.15, -0.1) is 0 Å². The average Bonchev–Trinajstić information content (AvgIpc) is 3.25. The van der Waals surface area contributed by atoms with Gasteiger partial charge in [-0.05, 0) is 38.7 Å². The molecule has 2 fully saturated rings. The molecule has 2 N–H and O–H groups in total. The van der Waals surface area contributed by atoms with Crippen molar-refractivity contribution in [2.45, 2.75) is 50.9 Å². The summed E-state index contributed by atoms with van der Waals surface area (Å²) < 4.78 is 61.1. The van der Waals surface area contributed by atoms with Gasteiger partial charge in [0.2, 0.25) is 0 Å². The lowest BCUT2D eigenvalue weighted by Gasteiger charge is -2.30. The summed E-state index contributed by atoms with van der Waals surface area (Å²) in [4.78, 5) is 10.5. The molecule has 3 aromatic heterocycles. The van der Waals surface area contributed by atoms with E-state index in [1.165, 1.54) is 0 Å². The van der Waals surface area contributed by atoms with E-state index >= 15 is 0 Å². The topological polar surface area (TPSA) is 80.1 Å². The van der Waals surface area contributed by atoms with Crippen molar-refractivity contribution in [1.82, 2.24) is 25.1 Å². The first-order valence-electron chi connectivity index (χ1n) is 12.3. The summed E-state index contributed by atoms with van der Waals surface area (Å²) in [6.45, 7) is 6.26. The molecule has 5 rings (SSSR count). The minimum absolute atomic E-state index is 0.0835. The molecule has 0 amide bonds. The van der Waals surface area contributed by atoms with E-state index in [-0.39, 0.29) is 6.04 Å². The maximum absolute atomic E-state index is 14.4. The lowest BCUT2D eigenvalue weighted by molar-refractivity contribution is -0.140.